The quantitative estimate of drug-likeness (QED) is 0.540. The third-order valence-electron chi connectivity index (χ3n) is 4.52. The van der Waals surface area contributed by atoms with Crippen molar-refractivity contribution in [2.75, 3.05) is 19.0 Å². The highest BCUT2D eigenvalue weighted by Crippen LogP contribution is 2.23. The molecule has 1 heterocycles. The molecule has 2 N–H and O–H groups in total. The maximum atomic E-state index is 12.8. The van der Waals surface area contributed by atoms with Crippen LogP contribution < -0.4 is 14.9 Å². The lowest BCUT2D eigenvalue weighted by atomic mass is 10.2. The number of amides is 1. The van der Waals surface area contributed by atoms with E-state index in [4.69, 9.17) is 11.6 Å². The summed E-state index contributed by atoms with van der Waals surface area (Å²) in [7, 11) is -0.174. The first-order valence-corrected chi connectivity index (χ1v) is 11.4. The zero-order chi connectivity index (χ0) is 22.4. The van der Waals surface area contributed by atoms with Gasteiger partial charge in [-0.3, -0.25) is 4.79 Å². The van der Waals surface area contributed by atoms with Gasteiger partial charge in [0, 0.05) is 44.5 Å². The summed E-state index contributed by atoms with van der Waals surface area (Å²) in [6, 6.07) is 17.0. The lowest BCUT2D eigenvalue weighted by Crippen LogP contribution is -2.26. The number of halogens is 1. The second-order valence-electron chi connectivity index (χ2n) is 7.02. The van der Waals surface area contributed by atoms with Crippen molar-refractivity contribution in [3.8, 4) is 0 Å². The van der Waals surface area contributed by atoms with E-state index in [0.29, 0.717) is 0 Å². The van der Waals surface area contributed by atoms with Crippen molar-refractivity contribution in [3.63, 3.8) is 0 Å². The lowest BCUT2D eigenvalue weighted by Gasteiger charge is -2.16. The molecular formula is C22H23ClN4O3S. The van der Waals surface area contributed by atoms with Crippen LogP contribution in [0, 0.1) is 0 Å². The number of hydrogen-bond donors (Lipinski definition) is 2. The van der Waals surface area contributed by atoms with Gasteiger partial charge in [0.1, 0.15) is 10.7 Å². The van der Waals surface area contributed by atoms with Crippen LogP contribution in [0.5, 0.6) is 0 Å². The average molecular weight is 459 g/mol. The van der Waals surface area contributed by atoms with Crippen LogP contribution in [0.4, 0.5) is 5.82 Å². The smallest absolute Gasteiger partial charge is 0.251 e. The van der Waals surface area contributed by atoms with E-state index in [1.165, 1.54) is 18.2 Å². The molecule has 3 aromatic rings. The third kappa shape index (κ3) is 5.81. The minimum Gasteiger partial charge on any atom is -0.362 e. The van der Waals surface area contributed by atoms with Crippen molar-refractivity contribution in [2.24, 2.45) is 0 Å². The van der Waals surface area contributed by atoms with E-state index < -0.39 is 15.9 Å². The molecule has 0 saturated heterocycles. The van der Waals surface area contributed by atoms with Crippen molar-refractivity contribution < 1.29 is 13.2 Å². The third-order valence-corrected chi connectivity index (χ3v) is 6.41. The van der Waals surface area contributed by atoms with Crippen LogP contribution in [-0.4, -0.2) is 33.4 Å². The number of carbonyl (C=O) groups excluding carboxylic acids is 1. The van der Waals surface area contributed by atoms with Gasteiger partial charge < -0.3 is 10.2 Å². The molecule has 0 aliphatic rings. The zero-order valence-electron chi connectivity index (χ0n) is 17.2. The zero-order valence-corrected chi connectivity index (χ0v) is 18.7. The Hall–Kier alpha value is -2.94. The highest BCUT2D eigenvalue weighted by Gasteiger charge is 2.20. The molecule has 3 rings (SSSR count). The van der Waals surface area contributed by atoms with Crippen LogP contribution in [-0.2, 0) is 23.1 Å². The number of aromatic nitrogens is 1. The summed E-state index contributed by atoms with van der Waals surface area (Å²) in [4.78, 5) is 18.7. The van der Waals surface area contributed by atoms with Crippen LogP contribution in [0.3, 0.4) is 0 Å². The van der Waals surface area contributed by atoms with Crippen molar-refractivity contribution in [1.29, 1.82) is 0 Å². The second-order valence-corrected chi connectivity index (χ2v) is 9.16. The van der Waals surface area contributed by atoms with Crippen molar-refractivity contribution in [2.45, 2.75) is 18.0 Å². The van der Waals surface area contributed by atoms with Gasteiger partial charge in [0.2, 0.25) is 10.0 Å². The maximum Gasteiger partial charge on any atom is 0.251 e. The normalized spacial score (nSPS) is 11.2. The molecule has 0 bridgehead atoms. The van der Waals surface area contributed by atoms with Gasteiger partial charge >= 0.3 is 0 Å². The van der Waals surface area contributed by atoms with Gasteiger partial charge in [0.15, 0.2) is 0 Å². The van der Waals surface area contributed by atoms with E-state index >= 15 is 0 Å². The topological polar surface area (TPSA) is 91.4 Å². The SMILES string of the molecule is CN(C)c1ncccc1CNC(=O)c1ccc(Cl)c(S(=O)(=O)NCc2ccccc2)c1. The molecule has 0 atom stereocenters. The minimum absolute atomic E-state index is 0.0410. The molecule has 0 spiro atoms. The van der Waals surface area contributed by atoms with Crippen molar-refractivity contribution in [1.82, 2.24) is 15.0 Å². The van der Waals surface area contributed by atoms with Gasteiger partial charge in [-0.25, -0.2) is 18.1 Å². The Morgan fingerprint density at radius 2 is 1.77 bits per heavy atom. The summed E-state index contributed by atoms with van der Waals surface area (Å²) < 4.78 is 28.0. The van der Waals surface area contributed by atoms with E-state index in [1.807, 2.05) is 55.4 Å². The molecule has 1 amide bonds. The molecule has 0 aliphatic heterocycles. The number of pyridine rings is 1. The summed E-state index contributed by atoms with van der Waals surface area (Å²) in [5.74, 6) is 0.331. The number of benzene rings is 2. The molecule has 0 fully saturated rings. The fourth-order valence-electron chi connectivity index (χ4n) is 2.95. The Labute approximate surface area is 187 Å². The summed E-state index contributed by atoms with van der Waals surface area (Å²) in [6.45, 7) is 0.362. The summed E-state index contributed by atoms with van der Waals surface area (Å²) in [6.07, 6.45) is 1.68. The molecule has 162 valence electrons. The fourth-order valence-corrected chi connectivity index (χ4v) is 4.49. The number of hydrogen-bond acceptors (Lipinski definition) is 5. The standard InChI is InChI=1S/C22H23ClN4O3S/c1-27(2)21-18(9-6-12-24-21)15-25-22(28)17-10-11-19(23)20(13-17)31(29,30)26-14-16-7-4-3-5-8-16/h3-13,26H,14-15H2,1-2H3,(H,25,28). The number of anilines is 1. The number of rotatable bonds is 8. The average Bonchev–Trinajstić information content (AvgIpc) is 2.77. The number of nitrogens with one attached hydrogen (secondary N) is 2. The Balaban J connectivity index is 1.75. The van der Waals surface area contributed by atoms with Crippen molar-refractivity contribution >= 4 is 33.3 Å². The second kappa shape index (κ2) is 9.91. The maximum absolute atomic E-state index is 12.8. The van der Waals surface area contributed by atoms with Gasteiger partial charge in [0.05, 0.1) is 5.02 Å². The summed E-state index contributed by atoms with van der Waals surface area (Å²) in [5.41, 5.74) is 1.84. The fraction of sp³-hybridized carbons (Fsp3) is 0.182. The Bertz CT molecular complexity index is 1170. The molecule has 9 heteroatoms. The van der Waals surface area contributed by atoms with Gasteiger partial charge in [0.25, 0.3) is 5.91 Å². The predicted octanol–water partition coefficient (Wildman–Crippen LogP) is 3.21. The first-order valence-electron chi connectivity index (χ1n) is 9.50. The molecule has 2 aromatic carbocycles. The van der Waals surface area contributed by atoms with E-state index in [2.05, 4.69) is 15.0 Å². The molecule has 7 nitrogen and oxygen atoms in total. The van der Waals surface area contributed by atoms with Gasteiger partial charge in [-0.15, -0.1) is 0 Å². The molecular weight excluding hydrogens is 436 g/mol. The van der Waals surface area contributed by atoms with E-state index in [9.17, 15) is 13.2 Å². The van der Waals surface area contributed by atoms with Crippen LogP contribution in [0.1, 0.15) is 21.5 Å². The van der Waals surface area contributed by atoms with Crippen LogP contribution in [0.25, 0.3) is 0 Å². The molecule has 0 aliphatic carbocycles. The summed E-state index contributed by atoms with van der Waals surface area (Å²) >= 11 is 6.13. The van der Waals surface area contributed by atoms with Gasteiger partial charge in [-0.05, 0) is 29.8 Å². The lowest BCUT2D eigenvalue weighted by molar-refractivity contribution is 0.0950. The van der Waals surface area contributed by atoms with Gasteiger partial charge in [-0.2, -0.15) is 0 Å². The first-order chi connectivity index (χ1) is 14.8. The highest BCUT2D eigenvalue weighted by atomic mass is 35.5. The Morgan fingerprint density at radius 1 is 1.03 bits per heavy atom. The first kappa shape index (κ1) is 22.7. The van der Waals surface area contributed by atoms with Crippen molar-refractivity contribution in [3.05, 3.63) is 88.6 Å². The molecule has 31 heavy (non-hydrogen) atoms. The molecule has 0 radical (unpaired) electrons. The monoisotopic (exact) mass is 458 g/mol. The summed E-state index contributed by atoms with van der Waals surface area (Å²) in [5, 5.41) is 2.84. The predicted molar refractivity (Wildman–Crippen MR) is 122 cm³/mol. The number of carbonyl (C=O) groups is 1. The molecule has 1 aromatic heterocycles. The van der Waals surface area contributed by atoms with E-state index in [0.717, 1.165) is 16.9 Å². The number of sulfonamides is 1. The molecule has 0 saturated carbocycles. The Kier molecular flexibility index (Phi) is 7.27. The van der Waals surface area contributed by atoms with E-state index in [-0.39, 0.29) is 28.6 Å². The van der Waals surface area contributed by atoms with Crippen LogP contribution in [0.15, 0.2) is 71.8 Å². The van der Waals surface area contributed by atoms with Crippen LogP contribution in [0.2, 0.25) is 5.02 Å². The molecule has 0 unspecified atom stereocenters. The van der Waals surface area contributed by atoms with Crippen LogP contribution >= 0.6 is 11.6 Å². The highest BCUT2D eigenvalue weighted by molar-refractivity contribution is 7.89. The van der Waals surface area contributed by atoms with E-state index in [1.54, 1.807) is 12.3 Å². The Morgan fingerprint density at radius 3 is 2.48 bits per heavy atom. The number of nitrogens with zero attached hydrogens (tertiary/aromatic N) is 2. The largest absolute Gasteiger partial charge is 0.362 e. The van der Waals surface area contributed by atoms with Gasteiger partial charge in [-0.1, -0.05) is 48.0 Å². The minimum atomic E-state index is -3.91.